The number of urea groups is 1. The molecule has 0 aliphatic carbocycles. The van der Waals surface area contributed by atoms with Gasteiger partial charge >= 0.3 is 6.03 Å². The molecule has 0 atom stereocenters. The third kappa shape index (κ3) is 2.83. The number of fused-ring (bicyclic) bond motifs is 1. The fourth-order valence-corrected chi connectivity index (χ4v) is 2.04. The minimum absolute atomic E-state index is 0.299. The molecule has 1 aromatic carbocycles. The van der Waals surface area contributed by atoms with E-state index in [1.165, 1.54) is 0 Å². The van der Waals surface area contributed by atoms with E-state index >= 15 is 0 Å². The summed E-state index contributed by atoms with van der Waals surface area (Å²) in [6.07, 6.45) is 0. The van der Waals surface area contributed by atoms with E-state index in [1.807, 2.05) is 31.2 Å². The van der Waals surface area contributed by atoms with Crippen LogP contribution >= 0.6 is 0 Å². The topological polar surface area (TPSA) is 80.6 Å². The van der Waals surface area contributed by atoms with Gasteiger partial charge in [-0.05, 0) is 31.2 Å². The number of carbonyl (C=O) groups excluding carboxylic acids is 1. The van der Waals surface area contributed by atoms with Crippen molar-refractivity contribution in [2.24, 2.45) is 0 Å². The zero-order chi connectivity index (χ0) is 15.4. The third-order valence-electron chi connectivity index (χ3n) is 2.94. The second-order valence-electron chi connectivity index (χ2n) is 4.46. The Kier molecular flexibility index (Phi) is 3.86. The SMILES string of the molecule is CCOc1cccc2nnc(NC(=O)Nc3ccccc3)n12. The Bertz CT molecular complexity index is 785. The maximum atomic E-state index is 12.0. The second kappa shape index (κ2) is 6.13. The molecule has 22 heavy (non-hydrogen) atoms. The summed E-state index contributed by atoms with van der Waals surface area (Å²) in [4.78, 5) is 12.0. The first kappa shape index (κ1) is 13.9. The van der Waals surface area contributed by atoms with Crippen LogP contribution in [0.4, 0.5) is 16.4 Å². The number of anilines is 2. The van der Waals surface area contributed by atoms with Crippen molar-refractivity contribution in [1.29, 1.82) is 0 Å². The molecule has 7 heteroatoms. The number of nitrogens with zero attached hydrogens (tertiary/aromatic N) is 3. The summed E-state index contributed by atoms with van der Waals surface area (Å²) in [5, 5.41) is 13.4. The molecule has 7 nitrogen and oxygen atoms in total. The number of para-hydroxylation sites is 1. The molecule has 0 aliphatic heterocycles. The van der Waals surface area contributed by atoms with Crippen molar-refractivity contribution in [3.8, 4) is 5.88 Å². The van der Waals surface area contributed by atoms with Crippen LogP contribution in [-0.2, 0) is 0 Å². The standard InChI is InChI=1S/C15H15N5O2/c1-2-22-13-10-6-9-12-18-19-14(20(12)13)17-15(21)16-11-7-4-3-5-8-11/h3-10H,2H2,1H3,(H2,16,17,19,21). The van der Waals surface area contributed by atoms with Crippen LogP contribution in [0.5, 0.6) is 5.88 Å². The van der Waals surface area contributed by atoms with Gasteiger partial charge in [0.05, 0.1) is 6.61 Å². The van der Waals surface area contributed by atoms with Crippen LogP contribution in [0.2, 0.25) is 0 Å². The van der Waals surface area contributed by atoms with Crippen molar-refractivity contribution < 1.29 is 9.53 Å². The van der Waals surface area contributed by atoms with Crippen LogP contribution in [0, 0.1) is 0 Å². The lowest BCUT2D eigenvalue weighted by Crippen LogP contribution is -2.21. The van der Waals surface area contributed by atoms with Gasteiger partial charge in [-0.2, -0.15) is 0 Å². The number of pyridine rings is 1. The summed E-state index contributed by atoms with van der Waals surface area (Å²) >= 11 is 0. The second-order valence-corrected chi connectivity index (χ2v) is 4.46. The number of rotatable bonds is 4. The fraction of sp³-hybridized carbons (Fsp3) is 0.133. The predicted molar refractivity (Wildman–Crippen MR) is 83.2 cm³/mol. The Labute approximate surface area is 126 Å². The van der Waals surface area contributed by atoms with E-state index in [1.54, 1.807) is 28.7 Å². The Hall–Kier alpha value is -3.09. The predicted octanol–water partition coefficient (Wildman–Crippen LogP) is 2.77. The molecular formula is C15H15N5O2. The largest absolute Gasteiger partial charge is 0.479 e. The van der Waals surface area contributed by atoms with Crippen molar-refractivity contribution >= 4 is 23.3 Å². The highest BCUT2D eigenvalue weighted by molar-refractivity contribution is 5.98. The van der Waals surface area contributed by atoms with Crippen molar-refractivity contribution in [3.05, 3.63) is 48.5 Å². The minimum Gasteiger partial charge on any atom is -0.479 e. The number of nitrogens with one attached hydrogen (secondary N) is 2. The summed E-state index contributed by atoms with van der Waals surface area (Å²) in [5.74, 6) is 0.868. The molecule has 2 heterocycles. The van der Waals surface area contributed by atoms with Crippen LogP contribution in [0.25, 0.3) is 5.65 Å². The highest BCUT2D eigenvalue weighted by atomic mass is 16.5. The molecule has 0 saturated heterocycles. The maximum Gasteiger partial charge on any atom is 0.326 e. The molecule has 3 rings (SSSR count). The smallest absolute Gasteiger partial charge is 0.326 e. The Morgan fingerprint density at radius 2 is 1.91 bits per heavy atom. The Morgan fingerprint density at radius 1 is 1.09 bits per heavy atom. The lowest BCUT2D eigenvalue weighted by atomic mass is 10.3. The first-order chi connectivity index (χ1) is 10.8. The Balaban J connectivity index is 1.83. The quantitative estimate of drug-likeness (QED) is 0.776. The normalized spacial score (nSPS) is 10.4. The molecule has 2 N–H and O–H groups in total. The number of hydrogen-bond acceptors (Lipinski definition) is 4. The van der Waals surface area contributed by atoms with Crippen molar-refractivity contribution in [2.45, 2.75) is 6.92 Å². The van der Waals surface area contributed by atoms with Gasteiger partial charge in [-0.15, -0.1) is 10.2 Å². The molecule has 0 bridgehead atoms. The van der Waals surface area contributed by atoms with Gasteiger partial charge < -0.3 is 10.1 Å². The van der Waals surface area contributed by atoms with Crippen LogP contribution in [0.1, 0.15) is 6.92 Å². The number of benzene rings is 1. The van der Waals surface area contributed by atoms with Gasteiger partial charge in [0.2, 0.25) is 11.8 Å². The lowest BCUT2D eigenvalue weighted by Gasteiger charge is -2.09. The van der Waals surface area contributed by atoms with E-state index in [4.69, 9.17) is 4.74 Å². The first-order valence-corrected chi connectivity index (χ1v) is 6.88. The van der Waals surface area contributed by atoms with Gasteiger partial charge in [-0.3, -0.25) is 5.32 Å². The van der Waals surface area contributed by atoms with Crippen molar-refractivity contribution in [3.63, 3.8) is 0 Å². The number of carbonyl (C=O) groups is 1. The van der Waals surface area contributed by atoms with Crippen molar-refractivity contribution in [1.82, 2.24) is 14.6 Å². The highest BCUT2D eigenvalue weighted by Crippen LogP contribution is 2.18. The molecule has 2 amide bonds. The van der Waals surface area contributed by atoms with Crippen LogP contribution in [-0.4, -0.2) is 27.2 Å². The molecule has 112 valence electrons. The van der Waals surface area contributed by atoms with E-state index in [9.17, 15) is 4.79 Å². The van der Waals surface area contributed by atoms with Gasteiger partial charge in [-0.1, -0.05) is 24.3 Å². The number of ether oxygens (including phenoxy) is 1. The van der Waals surface area contributed by atoms with E-state index in [2.05, 4.69) is 20.8 Å². The highest BCUT2D eigenvalue weighted by Gasteiger charge is 2.12. The number of amides is 2. The molecule has 0 spiro atoms. The molecule has 3 aromatic rings. The molecule has 0 fully saturated rings. The van der Waals surface area contributed by atoms with Gasteiger partial charge in [0.25, 0.3) is 0 Å². The first-order valence-electron chi connectivity index (χ1n) is 6.88. The van der Waals surface area contributed by atoms with Gasteiger partial charge in [-0.25, -0.2) is 9.20 Å². The minimum atomic E-state index is -0.396. The maximum absolute atomic E-state index is 12.0. The van der Waals surface area contributed by atoms with Crippen LogP contribution < -0.4 is 15.4 Å². The number of aromatic nitrogens is 3. The summed E-state index contributed by atoms with van der Waals surface area (Å²) in [6, 6.07) is 14.2. The number of hydrogen-bond donors (Lipinski definition) is 2. The molecule has 2 aromatic heterocycles. The summed E-state index contributed by atoms with van der Waals surface area (Å²) in [5.41, 5.74) is 1.29. The molecule has 0 aliphatic rings. The van der Waals surface area contributed by atoms with Gasteiger partial charge in [0.1, 0.15) is 0 Å². The van der Waals surface area contributed by atoms with E-state index in [0.29, 0.717) is 29.8 Å². The molecular weight excluding hydrogens is 282 g/mol. The zero-order valence-electron chi connectivity index (χ0n) is 12.0. The monoisotopic (exact) mass is 297 g/mol. The zero-order valence-corrected chi connectivity index (χ0v) is 12.0. The average Bonchev–Trinajstić information content (AvgIpc) is 2.92. The Morgan fingerprint density at radius 3 is 2.68 bits per heavy atom. The van der Waals surface area contributed by atoms with Crippen LogP contribution in [0.15, 0.2) is 48.5 Å². The van der Waals surface area contributed by atoms with E-state index < -0.39 is 6.03 Å². The summed E-state index contributed by atoms with van der Waals surface area (Å²) < 4.78 is 7.18. The van der Waals surface area contributed by atoms with E-state index in [0.717, 1.165) is 0 Å². The average molecular weight is 297 g/mol. The van der Waals surface area contributed by atoms with E-state index in [-0.39, 0.29) is 0 Å². The fourth-order valence-electron chi connectivity index (χ4n) is 2.04. The molecule has 0 saturated carbocycles. The summed E-state index contributed by atoms with van der Waals surface area (Å²) in [7, 11) is 0. The van der Waals surface area contributed by atoms with Gasteiger partial charge in [0.15, 0.2) is 5.65 Å². The van der Waals surface area contributed by atoms with Crippen molar-refractivity contribution in [2.75, 3.05) is 17.2 Å². The molecule has 0 radical (unpaired) electrons. The summed E-state index contributed by atoms with van der Waals surface area (Å²) in [6.45, 7) is 2.39. The molecule has 0 unspecified atom stereocenters. The van der Waals surface area contributed by atoms with Crippen LogP contribution in [0.3, 0.4) is 0 Å². The van der Waals surface area contributed by atoms with Gasteiger partial charge in [0, 0.05) is 5.69 Å². The lowest BCUT2D eigenvalue weighted by molar-refractivity contribution is 0.262. The third-order valence-corrected chi connectivity index (χ3v) is 2.94.